The standard InChI is InChI=1S/C17H35NO/c1-16(2,3)18-13-15-10-8-7-9-14(15)11-12-17(4,5)19-6/h14-15,18H,7-13H2,1-6H3. The van der Waals surface area contributed by atoms with Crippen LogP contribution < -0.4 is 5.32 Å². The molecule has 2 nitrogen and oxygen atoms in total. The highest BCUT2D eigenvalue weighted by Crippen LogP contribution is 2.35. The second-order valence-corrected chi connectivity index (χ2v) is 7.94. The van der Waals surface area contributed by atoms with Gasteiger partial charge in [-0.25, -0.2) is 0 Å². The average molecular weight is 269 g/mol. The zero-order valence-corrected chi connectivity index (χ0v) is 14.0. The van der Waals surface area contributed by atoms with Crippen LogP contribution in [0, 0.1) is 11.8 Å². The van der Waals surface area contributed by atoms with Gasteiger partial charge in [0, 0.05) is 12.6 Å². The Balaban J connectivity index is 2.44. The summed E-state index contributed by atoms with van der Waals surface area (Å²) in [4.78, 5) is 0. The number of ether oxygens (including phenoxy) is 1. The van der Waals surface area contributed by atoms with E-state index < -0.39 is 0 Å². The lowest BCUT2D eigenvalue weighted by Crippen LogP contribution is -2.41. The van der Waals surface area contributed by atoms with Crippen LogP contribution in [-0.2, 0) is 4.74 Å². The van der Waals surface area contributed by atoms with Crippen LogP contribution in [0.5, 0.6) is 0 Å². The molecule has 2 heteroatoms. The van der Waals surface area contributed by atoms with E-state index >= 15 is 0 Å². The first-order valence-electron chi connectivity index (χ1n) is 8.04. The first kappa shape index (κ1) is 17.0. The van der Waals surface area contributed by atoms with Gasteiger partial charge in [0.25, 0.3) is 0 Å². The summed E-state index contributed by atoms with van der Waals surface area (Å²) in [6.07, 6.45) is 8.15. The van der Waals surface area contributed by atoms with Crippen molar-refractivity contribution in [3.8, 4) is 0 Å². The molecule has 0 radical (unpaired) electrons. The van der Waals surface area contributed by atoms with E-state index in [2.05, 4.69) is 39.9 Å². The Morgan fingerprint density at radius 3 is 2.11 bits per heavy atom. The molecule has 1 rings (SSSR count). The highest BCUT2D eigenvalue weighted by molar-refractivity contribution is 4.82. The Bertz CT molecular complexity index is 254. The van der Waals surface area contributed by atoms with E-state index in [0.29, 0.717) is 0 Å². The molecule has 1 saturated carbocycles. The van der Waals surface area contributed by atoms with Crippen molar-refractivity contribution in [2.45, 2.75) is 84.3 Å². The molecule has 0 aromatic heterocycles. The topological polar surface area (TPSA) is 21.3 Å². The van der Waals surface area contributed by atoms with Gasteiger partial charge in [0.2, 0.25) is 0 Å². The second kappa shape index (κ2) is 7.08. The Hall–Kier alpha value is -0.0800. The van der Waals surface area contributed by atoms with Crippen molar-refractivity contribution in [3.05, 3.63) is 0 Å². The summed E-state index contributed by atoms with van der Waals surface area (Å²) in [6.45, 7) is 12.4. The Labute approximate surface area is 120 Å². The van der Waals surface area contributed by atoms with E-state index in [1.54, 1.807) is 0 Å². The summed E-state index contributed by atoms with van der Waals surface area (Å²) >= 11 is 0. The first-order valence-corrected chi connectivity index (χ1v) is 8.04. The van der Waals surface area contributed by atoms with Gasteiger partial charge < -0.3 is 10.1 Å². The Kier molecular flexibility index (Phi) is 6.32. The molecule has 1 fully saturated rings. The molecule has 1 N–H and O–H groups in total. The SMILES string of the molecule is COC(C)(C)CCC1CCCCC1CNC(C)(C)C. The third-order valence-electron chi connectivity index (χ3n) is 4.63. The van der Waals surface area contributed by atoms with E-state index in [9.17, 15) is 0 Å². The Morgan fingerprint density at radius 1 is 1.00 bits per heavy atom. The van der Waals surface area contributed by atoms with E-state index in [-0.39, 0.29) is 11.1 Å². The minimum Gasteiger partial charge on any atom is -0.379 e. The maximum atomic E-state index is 5.56. The van der Waals surface area contributed by atoms with E-state index in [4.69, 9.17) is 4.74 Å². The summed E-state index contributed by atoms with van der Waals surface area (Å²) in [7, 11) is 1.83. The van der Waals surface area contributed by atoms with Crippen LogP contribution in [0.4, 0.5) is 0 Å². The molecule has 0 spiro atoms. The molecule has 0 amide bonds. The lowest BCUT2D eigenvalue weighted by Gasteiger charge is -2.36. The highest BCUT2D eigenvalue weighted by Gasteiger charge is 2.28. The molecular weight excluding hydrogens is 234 g/mol. The van der Waals surface area contributed by atoms with Gasteiger partial charge in [0.15, 0.2) is 0 Å². The predicted octanol–water partition coefficient (Wildman–Crippen LogP) is 4.39. The number of hydrogen-bond donors (Lipinski definition) is 1. The van der Waals surface area contributed by atoms with Crippen LogP contribution in [0.1, 0.15) is 73.1 Å². The minimum atomic E-state index is 0.0411. The van der Waals surface area contributed by atoms with Gasteiger partial charge in [0.1, 0.15) is 0 Å². The van der Waals surface area contributed by atoms with Gasteiger partial charge >= 0.3 is 0 Å². The predicted molar refractivity (Wildman–Crippen MR) is 83.5 cm³/mol. The van der Waals surface area contributed by atoms with Gasteiger partial charge in [-0.2, -0.15) is 0 Å². The van der Waals surface area contributed by atoms with Crippen molar-refractivity contribution in [1.29, 1.82) is 0 Å². The van der Waals surface area contributed by atoms with E-state index in [0.717, 1.165) is 11.8 Å². The fourth-order valence-corrected chi connectivity index (χ4v) is 3.01. The van der Waals surface area contributed by atoms with Crippen molar-refractivity contribution < 1.29 is 4.74 Å². The molecule has 1 aliphatic rings. The highest BCUT2D eigenvalue weighted by atomic mass is 16.5. The smallest absolute Gasteiger partial charge is 0.0622 e. The van der Waals surface area contributed by atoms with Gasteiger partial charge in [-0.3, -0.25) is 0 Å². The summed E-state index contributed by atoms with van der Waals surface area (Å²) in [5, 5.41) is 3.70. The normalized spacial score (nSPS) is 25.6. The van der Waals surface area contributed by atoms with Crippen molar-refractivity contribution >= 4 is 0 Å². The van der Waals surface area contributed by atoms with E-state index in [1.165, 1.54) is 45.1 Å². The fourth-order valence-electron chi connectivity index (χ4n) is 3.01. The lowest BCUT2D eigenvalue weighted by molar-refractivity contribution is 0.00608. The van der Waals surface area contributed by atoms with Gasteiger partial charge in [-0.15, -0.1) is 0 Å². The molecule has 1 aliphatic carbocycles. The van der Waals surface area contributed by atoms with Crippen molar-refractivity contribution in [2.75, 3.05) is 13.7 Å². The number of rotatable bonds is 6. The van der Waals surface area contributed by atoms with Crippen LogP contribution in [-0.4, -0.2) is 24.8 Å². The third kappa shape index (κ3) is 6.76. The molecule has 19 heavy (non-hydrogen) atoms. The monoisotopic (exact) mass is 269 g/mol. The molecular formula is C17H35NO. The molecule has 0 saturated heterocycles. The first-order chi connectivity index (χ1) is 8.73. The van der Waals surface area contributed by atoms with Crippen LogP contribution in [0.3, 0.4) is 0 Å². The molecule has 0 aromatic carbocycles. The number of methoxy groups -OCH3 is 1. The van der Waals surface area contributed by atoms with Gasteiger partial charge in [-0.05, 0) is 72.3 Å². The molecule has 2 atom stereocenters. The maximum Gasteiger partial charge on any atom is 0.0622 e. The summed E-state index contributed by atoms with van der Waals surface area (Å²) < 4.78 is 5.56. The largest absolute Gasteiger partial charge is 0.379 e. The molecule has 0 bridgehead atoms. The molecule has 0 aromatic rings. The van der Waals surface area contributed by atoms with Crippen molar-refractivity contribution in [1.82, 2.24) is 5.32 Å². The third-order valence-corrected chi connectivity index (χ3v) is 4.63. The summed E-state index contributed by atoms with van der Waals surface area (Å²) in [6, 6.07) is 0. The second-order valence-electron chi connectivity index (χ2n) is 7.94. The number of hydrogen-bond acceptors (Lipinski definition) is 2. The molecule has 114 valence electrons. The van der Waals surface area contributed by atoms with E-state index in [1.807, 2.05) is 7.11 Å². The lowest BCUT2D eigenvalue weighted by atomic mass is 9.75. The van der Waals surface area contributed by atoms with Crippen LogP contribution in [0.2, 0.25) is 0 Å². The minimum absolute atomic E-state index is 0.0411. The van der Waals surface area contributed by atoms with Crippen LogP contribution >= 0.6 is 0 Å². The van der Waals surface area contributed by atoms with Gasteiger partial charge in [0.05, 0.1) is 5.60 Å². The Morgan fingerprint density at radius 2 is 1.58 bits per heavy atom. The van der Waals surface area contributed by atoms with Crippen molar-refractivity contribution in [3.63, 3.8) is 0 Å². The van der Waals surface area contributed by atoms with Gasteiger partial charge in [-0.1, -0.05) is 19.3 Å². The quantitative estimate of drug-likeness (QED) is 0.772. The fraction of sp³-hybridized carbons (Fsp3) is 1.00. The van der Waals surface area contributed by atoms with Crippen LogP contribution in [0.25, 0.3) is 0 Å². The maximum absolute atomic E-state index is 5.56. The molecule has 0 aliphatic heterocycles. The molecule has 0 heterocycles. The number of nitrogens with one attached hydrogen (secondary N) is 1. The molecule has 2 unspecified atom stereocenters. The van der Waals surface area contributed by atoms with Crippen LogP contribution in [0.15, 0.2) is 0 Å². The zero-order valence-electron chi connectivity index (χ0n) is 14.0. The summed E-state index contributed by atoms with van der Waals surface area (Å²) in [5.74, 6) is 1.75. The average Bonchev–Trinajstić information content (AvgIpc) is 2.34. The zero-order chi connectivity index (χ0) is 14.5. The summed E-state index contributed by atoms with van der Waals surface area (Å²) in [5.41, 5.74) is 0.285. The van der Waals surface area contributed by atoms with Crippen molar-refractivity contribution in [2.24, 2.45) is 11.8 Å².